The smallest absolute Gasteiger partial charge is 0.0829 e. The minimum absolute atomic E-state index is 0.427. The van der Waals surface area contributed by atoms with Crippen LogP contribution in [0.25, 0.3) is 0 Å². The number of rotatable bonds is 11. The fourth-order valence-electron chi connectivity index (χ4n) is 2.30. The van der Waals surface area contributed by atoms with Gasteiger partial charge in [-0.15, -0.1) is 11.7 Å². The van der Waals surface area contributed by atoms with Gasteiger partial charge in [0, 0.05) is 6.04 Å². The van der Waals surface area contributed by atoms with E-state index in [1.54, 1.807) is 11.5 Å². The standard InChI is InChI=1S/C16H29N3S/c1-5-7-8-9-10-11-14(17-12-6-2)16-15(13(3)4)18-19-20-16/h5,13-14,17H,1,6-12H2,2-4H3. The third-order valence-electron chi connectivity index (χ3n) is 3.45. The summed E-state index contributed by atoms with van der Waals surface area (Å²) in [7, 11) is 0. The van der Waals surface area contributed by atoms with Crippen molar-refractivity contribution < 1.29 is 0 Å². The Bertz CT molecular complexity index is 374. The Morgan fingerprint density at radius 3 is 2.75 bits per heavy atom. The first-order chi connectivity index (χ1) is 9.70. The van der Waals surface area contributed by atoms with Crippen LogP contribution in [0.4, 0.5) is 0 Å². The fraction of sp³-hybridized carbons (Fsp3) is 0.750. The van der Waals surface area contributed by atoms with E-state index in [1.807, 2.05) is 6.08 Å². The molecule has 0 spiro atoms. The van der Waals surface area contributed by atoms with Crippen LogP contribution in [0.15, 0.2) is 12.7 Å². The monoisotopic (exact) mass is 295 g/mol. The molecule has 1 N–H and O–H groups in total. The predicted octanol–water partition coefficient (Wildman–Crippen LogP) is 4.84. The van der Waals surface area contributed by atoms with Crippen LogP contribution in [0.1, 0.15) is 81.8 Å². The van der Waals surface area contributed by atoms with Crippen LogP contribution >= 0.6 is 11.5 Å². The minimum atomic E-state index is 0.427. The summed E-state index contributed by atoms with van der Waals surface area (Å²) in [6, 6.07) is 0.427. The Labute approximate surface area is 128 Å². The van der Waals surface area contributed by atoms with E-state index < -0.39 is 0 Å². The van der Waals surface area contributed by atoms with Crippen molar-refractivity contribution in [3.05, 3.63) is 23.2 Å². The van der Waals surface area contributed by atoms with Crippen LogP contribution in [0, 0.1) is 0 Å². The van der Waals surface area contributed by atoms with Crippen LogP contribution in [0.5, 0.6) is 0 Å². The number of nitrogens with zero attached hydrogens (tertiary/aromatic N) is 2. The van der Waals surface area contributed by atoms with Gasteiger partial charge in [-0.1, -0.05) is 44.2 Å². The summed E-state index contributed by atoms with van der Waals surface area (Å²) in [5.41, 5.74) is 1.18. The van der Waals surface area contributed by atoms with Crippen molar-refractivity contribution in [1.82, 2.24) is 14.9 Å². The van der Waals surface area contributed by atoms with Crippen LogP contribution in [-0.4, -0.2) is 16.1 Å². The molecule has 1 unspecified atom stereocenters. The molecule has 0 aromatic carbocycles. The Balaban J connectivity index is 2.58. The Hall–Kier alpha value is -0.740. The summed E-state index contributed by atoms with van der Waals surface area (Å²) in [5, 5.41) is 7.99. The van der Waals surface area contributed by atoms with Crippen molar-refractivity contribution in [3.8, 4) is 0 Å². The largest absolute Gasteiger partial charge is 0.309 e. The molecule has 1 rings (SSSR count). The average molecular weight is 295 g/mol. The van der Waals surface area contributed by atoms with Crippen molar-refractivity contribution >= 4 is 11.5 Å². The number of hydrogen-bond acceptors (Lipinski definition) is 4. The lowest BCUT2D eigenvalue weighted by atomic mass is 10.0. The summed E-state index contributed by atoms with van der Waals surface area (Å²) < 4.78 is 4.17. The summed E-state index contributed by atoms with van der Waals surface area (Å²) in [6.45, 7) is 11.4. The third-order valence-corrected chi connectivity index (χ3v) is 4.30. The fourth-order valence-corrected chi connectivity index (χ4v) is 3.22. The molecule has 0 saturated heterocycles. The van der Waals surface area contributed by atoms with Gasteiger partial charge in [0.1, 0.15) is 0 Å². The van der Waals surface area contributed by atoms with Gasteiger partial charge >= 0.3 is 0 Å². The molecule has 0 fully saturated rings. The van der Waals surface area contributed by atoms with Crippen molar-refractivity contribution in [2.24, 2.45) is 0 Å². The molecule has 1 atom stereocenters. The molecule has 0 amide bonds. The first-order valence-electron chi connectivity index (χ1n) is 7.87. The average Bonchev–Trinajstić information content (AvgIpc) is 2.91. The maximum absolute atomic E-state index is 4.32. The van der Waals surface area contributed by atoms with Gasteiger partial charge in [0.25, 0.3) is 0 Å². The third kappa shape index (κ3) is 5.71. The van der Waals surface area contributed by atoms with Crippen LogP contribution < -0.4 is 5.32 Å². The highest BCUT2D eigenvalue weighted by Gasteiger charge is 2.20. The number of nitrogens with one attached hydrogen (secondary N) is 1. The molecule has 0 saturated carbocycles. The predicted molar refractivity (Wildman–Crippen MR) is 88.3 cm³/mol. The lowest BCUT2D eigenvalue weighted by molar-refractivity contribution is 0.473. The zero-order chi connectivity index (χ0) is 14.8. The SMILES string of the molecule is C=CCCCCCC(NCCC)c1snnc1C(C)C. The molecule has 1 aromatic heterocycles. The quantitative estimate of drug-likeness (QED) is 0.469. The lowest BCUT2D eigenvalue weighted by Gasteiger charge is -2.18. The van der Waals surface area contributed by atoms with Crippen molar-refractivity contribution in [3.63, 3.8) is 0 Å². The molecule has 0 radical (unpaired) electrons. The molecule has 1 heterocycles. The lowest BCUT2D eigenvalue weighted by Crippen LogP contribution is -2.22. The van der Waals surface area contributed by atoms with Crippen LogP contribution in [0.3, 0.4) is 0 Å². The normalized spacial score (nSPS) is 12.8. The topological polar surface area (TPSA) is 37.8 Å². The first-order valence-corrected chi connectivity index (χ1v) is 8.64. The molecular formula is C16H29N3S. The van der Waals surface area contributed by atoms with Crippen molar-refractivity contribution in [1.29, 1.82) is 0 Å². The first kappa shape index (κ1) is 17.3. The van der Waals surface area contributed by atoms with Gasteiger partial charge in [0.15, 0.2) is 0 Å². The molecule has 0 bridgehead atoms. The van der Waals surface area contributed by atoms with Crippen molar-refractivity contribution in [2.45, 2.75) is 71.3 Å². The zero-order valence-electron chi connectivity index (χ0n) is 13.2. The highest BCUT2D eigenvalue weighted by molar-refractivity contribution is 7.05. The Morgan fingerprint density at radius 1 is 1.30 bits per heavy atom. The maximum atomic E-state index is 4.32. The molecule has 4 heteroatoms. The number of allylic oxidation sites excluding steroid dienone is 1. The second kappa shape index (κ2) is 10.1. The Kier molecular flexibility index (Phi) is 8.70. The van der Waals surface area contributed by atoms with Crippen LogP contribution in [-0.2, 0) is 0 Å². The van der Waals surface area contributed by atoms with E-state index in [1.165, 1.54) is 36.3 Å². The highest BCUT2D eigenvalue weighted by Crippen LogP contribution is 2.29. The summed E-state index contributed by atoms with van der Waals surface area (Å²) in [4.78, 5) is 1.34. The van der Waals surface area contributed by atoms with Gasteiger partial charge in [-0.25, -0.2) is 0 Å². The molecule has 1 aromatic rings. The van der Waals surface area contributed by atoms with Crippen LogP contribution in [0.2, 0.25) is 0 Å². The van der Waals surface area contributed by atoms with E-state index in [9.17, 15) is 0 Å². The second-order valence-electron chi connectivity index (χ2n) is 5.61. The molecule has 114 valence electrons. The minimum Gasteiger partial charge on any atom is -0.309 e. The van der Waals surface area contributed by atoms with Gasteiger partial charge < -0.3 is 5.32 Å². The van der Waals surface area contributed by atoms with E-state index in [4.69, 9.17) is 0 Å². The van der Waals surface area contributed by atoms with E-state index in [-0.39, 0.29) is 0 Å². The molecule has 0 aliphatic carbocycles. The Morgan fingerprint density at radius 2 is 2.10 bits per heavy atom. The number of hydrogen-bond donors (Lipinski definition) is 1. The van der Waals surface area contributed by atoms with E-state index >= 15 is 0 Å². The molecule has 3 nitrogen and oxygen atoms in total. The van der Waals surface area contributed by atoms with Gasteiger partial charge in [-0.05, 0) is 49.7 Å². The van der Waals surface area contributed by atoms with E-state index in [2.05, 4.69) is 42.3 Å². The van der Waals surface area contributed by atoms with E-state index in [0.29, 0.717) is 12.0 Å². The van der Waals surface area contributed by atoms with Gasteiger partial charge in [-0.3, -0.25) is 0 Å². The number of aromatic nitrogens is 2. The molecule has 0 aliphatic heterocycles. The van der Waals surface area contributed by atoms with Crippen molar-refractivity contribution in [2.75, 3.05) is 6.54 Å². The number of unbranched alkanes of at least 4 members (excludes halogenated alkanes) is 3. The van der Waals surface area contributed by atoms with Gasteiger partial charge in [0.2, 0.25) is 0 Å². The zero-order valence-corrected chi connectivity index (χ0v) is 14.0. The summed E-state index contributed by atoms with van der Waals surface area (Å²) >= 11 is 1.56. The summed E-state index contributed by atoms with van der Waals surface area (Å²) in [6.07, 6.45) is 9.27. The van der Waals surface area contributed by atoms with E-state index in [0.717, 1.165) is 19.4 Å². The highest BCUT2D eigenvalue weighted by atomic mass is 32.1. The molecule has 0 aliphatic rings. The van der Waals surface area contributed by atoms with Gasteiger partial charge in [-0.2, -0.15) is 0 Å². The second-order valence-corrected chi connectivity index (χ2v) is 6.40. The summed E-state index contributed by atoms with van der Waals surface area (Å²) in [5.74, 6) is 0.454. The maximum Gasteiger partial charge on any atom is 0.0829 e. The van der Waals surface area contributed by atoms with Gasteiger partial charge in [0.05, 0.1) is 10.6 Å². The molecular weight excluding hydrogens is 266 g/mol. The molecule has 20 heavy (non-hydrogen) atoms.